The Morgan fingerprint density at radius 3 is 2.37 bits per heavy atom. The fourth-order valence-electron chi connectivity index (χ4n) is 3.41. The van der Waals surface area contributed by atoms with Crippen LogP contribution in [0.5, 0.6) is 0 Å². The summed E-state index contributed by atoms with van der Waals surface area (Å²) in [4.78, 5) is 0. The van der Waals surface area contributed by atoms with E-state index in [0.717, 1.165) is 18.4 Å². The van der Waals surface area contributed by atoms with Crippen molar-refractivity contribution in [2.24, 2.45) is 5.41 Å². The van der Waals surface area contributed by atoms with Crippen LogP contribution in [0.15, 0.2) is 42.5 Å². The van der Waals surface area contributed by atoms with E-state index >= 15 is 0 Å². The Morgan fingerprint density at radius 1 is 0.947 bits per heavy atom. The molecule has 1 nitrogen and oxygen atoms in total. The summed E-state index contributed by atoms with van der Waals surface area (Å²) in [6, 6.07) is 14.7. The van der Waals surface area contributed by atoms with Gasteiger partial charge in [-0.3, -0.25) is 0 Å². The van der Waals surface area contributed by atoms with Gasteiger partial charge in [0, 0.05) is 0 Å². The zero-order valence-electron chi connectivity index (χ0n) is 11.6. The first kappa shape index (κ1) is 12.7. The minimum Gasteiger partial charge on any atom is -0.388 e. The average Bonchev–Trinajstić information content (AvgIpc) is 2.47. The van der Waals surface area contributed by atoms with Crippen molar-refractivity contribution in [2.75, 3.05) is 0 Å². The first-order valence-corrected chi connectivity index (χ1v) is 7.36. The third-order valence-corrected chi connectivity index (χ3v) is 4.75. The minimum atomic E-state index is -0.336. The lowest BCUT2D eigenvalue weighted by Crippen LogP contribution is -2.28. The standard InChI is InChI=1S/C18H22O/c1-18(11-5-2-6-12-18)17(19)16-10-9-14-7-3-4-8-15(14)13-16/h3-4,7-10,13,17,19H,2,5-6,11-12H2,1H3. The van der Waals surface area contributed by atoms with Crippen LogP contribution in [-0.4, -0.2) is 5.11 Å². The normalized spacial score (nSPS) is 20.3. The Balaban J connectivity index is 1.94. The highest BCUT2D eigenvalue weighted by Gasteiger charge is 2.35. The minimum absolute atomic E-state index is 0.0563. The molecular weight excluding hydrogens is 232 g/mol. The molecule has 2 aromatic rings. The summed E-state index contributed by atoms with van der Waals surface area (Å²) in [5, 5.41) is 13.2. The van der Waals surface area contributed by atoms with Crippen LogP contribution in [0.2, 0.25) is 0 Å². The van der Waals surface area contributed by atoms with E-state index in [-0.39, 0.29) is 11.5 Å². The number of hydrogen-bond acceptors (Lipinski definition) is 1. The smallest absolute Gasteiger partial charge is 0.0843 e. The van der Waals surface area contributed by atoms with Gasteiger partial charge in [0.2, 0.25) is 0 Å². The summed E-state index contributed by atoms with van der Waals surface area (Å²) in [5.41, 5.74) is 1.13. The lowest BCUT2D eigenvalue weighted by atomic mass is 9.70. The van der Waals surface area contributed by atoms with E-state index in [0.29, 0.717) is 0 Å². The predicted octanol–water partition coefficient (Wildman–Crippen LogP) is 4.84. The van der Waals surface area contributed by atoms with Gasteiger partial charge in [-0.05, 0) is 40.7 Å². The van der Waals surface area contributed by atoms with Crippen molar-refractivity contribution in [1.82, 2.24) is 0 Å². The van der Waals surface area contributed by atoms with Crippen LogP contribution < -0.4 is 0 Å². The van der Waals surface area contributed by atoms with Gasteiger partial charge < -0.3 is 5.11 Å². The van der Waals surface area contributed by atoms with E-state index in [9.17, 15) is 5.11 Å². The molecule has 1 N–H and O–H groups in total. The maximum absolute atomic E-state index is 10.8. The second-order valence-corrected chi connectivity index (χ2v) is 6.22. The molecule has 3 rings (SSSR count). The number of fused-ring (bicyclic) bond motifs is 1. The predicted molar refractivity (Wildman–Crippen MR) is 80.1 cm³/mol. The second kappa shape index (κ2) is 4.97. The molecular formula is C18H22O. The largest absolute Gasteiger partial charge is 0.388 e. The summed E-state index contributed by atoms with van der Waals surface area (Å²) >= 11 is 0. The lowest BCUT2D eigenvalue weighted by Gasteiger charge is -2.38. The van der Waals surface area contributed by atoms with Gasteiger partial charge in [0.25, 0.3) is 0 Å². The number of rotatable bonds is 2. The molecule has 1 unspecified atom stereocenters. The van der Waals surface area contributed by atoms with E-state index in [1.54, 1.807) is 0 Å². The highest BCUT2D eigenvalue weighted by Crippen LogP contribution is 2.45. The van der Waals surface area contributed by atoms with Crippen molar-refractivity contribution in [3.05, 3.63) is 48.0 Å². The van der Waals surface area contributed by atoms with Crippen molar-refractivity contribution in [2.45, 2.75) is 45.1 Å². The average molecular weight is 254 g/mol. The van der Waals surface area contributed by atoms with Crippen LogP contribution in [0.4, 0.5) is 0 Å². The molecule has 0 amide bonds. The molecule has 1 heteroatoms. The van der Waals surface area contributed by atoms with Crippen molar-refractivity contribution in [3.63, 3.8) is 0 Å². The summed E-state index contributed by atoms with van der Waals surface area (Å²) in [6.07, 6.45) is 5.77. The Morgan fingerprint density at radius 2 is 1.63 bits per heavy atom. The van der Waals surface area contributed by atoms with Gasteiger partial charge in [-0.1, -0.05) is 62.6 Å². The fraction of sp³-hybridized carbons (Fsp3) is 0.444. The van der Waals surface area contributed by atoms with Crippen molar-refractivity contribution in [3.8, 4) is 0 Å². The molecule has 0 heterocycles. The van der Waals surface area contributed by atoms with E-state index in [1.165, 1.54) is 30.0 Å². The zero-order chi connectivity index (χ0) is 13.3. The van der Waals surface area contributed by atoms with E-state index in [4.69, 9.17) is 0 Å². The molecule has 0 bridgehead atoms. The molecule has 2 aromatic carbocycles. The Labute approximate surface area is 115 Å². The first-order valence-electron chi connectivity index (χ1n) is 7.36. The van der Waals surface area contributed by atoms with Gasteiger partial charge in [-0.15, -0.1) is 0 Å². The molecule has 1 saturated carbocycles. The van der Waals surface area contributed by atoms with Gasteiger partial charge in [-0.25, -0.2) is 0 Å². The molecule has 1 aliphatic rings. The molecule has 0 spiro atoms. The Hall–Kier alpha value is -1.34. The van der Waals surface area contributed by atoms with Crippen LogP contribution in [0.1, 0.15) is 50.7 Å². The summed E-state index contributed by atoms with van der Waals surface area (Å²) in [5.74, 6) is 0. The highest BCUT2D eigenvalue weighted by atomic mass is 16.3. The summed E-state index contributed by atoms with van der Waals surface area (Å²) in [6.45, 7) is 2.24. The van der Waals surface area contributed by atoms with Crippen LogP contribution in [-0.2, 0) is 0 Å². The summed E-state index contributed by atoms with van der Waals surface area (Å²) < 4.78 is 0. The Kier molecular flexibility index (Phi) is 3.32. The van der Waals surface area contributed by atoms with E-state index in [2.05, 4.69) is 49.4 Å². The van der Waals surface area contributed by atoms with E-state index < -0.39 is 0 Å². The molecule has 0 radical (unpaired) electrons. The Bertz CT molecular complexity index is 567. The molecule has 19 heavy (non-hydrogen) atoms. The number of hydrogen-bond donors (Lipinski definition) is 1. The lowest BCUT2D eigenvalue weighted by molar-refractivity contribution is 0.00828. The first-order chi connectivity index (χ1) is 9.19. The van der Waals surface area contributed by atoms with Crippen molar-refractivity contribution in [1.29, 1.82) is 0 Å². The molecule has 100 valence electrons. The van der Waals surface area contributed by atoms with E-state index in [1.807, 2.05) is 0 Å². The van der Waals surface area contributed by atoms with Gasteiger partial charge in [0.05, 0.1) is 6.10 Å². The quantitative estimate of drug-likeness (QED) is 0.812. The summed E-state index contributed by atoms with van der Waals surface area (Å²) in [7, 11) is 0. The molecule has 1 aliphatic carbocycles. The fourth-order valence-corrected chi connectivity index (χ4v) is 3.41. The van der Waals surface area contributed by atoms with Gasteiger partial charge in [0.15, 0.2) is 0 Å². The second-order valence-electron chi connectivity index (χ2n) is 6.22. The van der Waals surface area contributed by atoms with Crippen LogP contribution in [0.3, 0.4) is 0 Å². The topological polar surface area (TPSA) is 20.2 Å². The van der Waals surface area contributed by atoms with Crippen LogP contribution in [0.25, 0.3) is 10.8 Å². The van der Waals surface area contributed by atoms with Gasteiger partial charge in [-0.2, -0.15) is 0 Å². The molecule has 0 saturated heterocycles. The molecule has 1 atom stereocenters. The molecule has 0 aliphatic heterocycles. The number of aliphatic hydroxyl groups is 1. The third-order valence-electron chi connectivity index (χ3n) is 4.75. The van der Waals surface area contributed by atoms with Crippen molar-refractivity contribution >= 4 is 10.8 Å². The zero-order valence-corrected chi connectivity index (χ0v) is 11.6. The number of aliphatic hydroxyl groups excluding tert-OH is 1. The molecule has 0 aromatic heterocycles. The highest BCUT2D eigenvalue weighted by molar-refractivity contribution is 5.83. The monoisotopic (exact) mass is 254 g/mol. The van der Waals surface area contributed by atoms with Crippen LogP contribution in [0, 0.1) is 5.41 Å². The van der Waals surface area contributed by atoms with Crippen LogP contribution >= 0.6 is 0 Å². The third kappa shape index (κ3) is 2.40. The number of benzene rings is 2. The maximum atomic E-state index is 10.8. The SMILES string of the molecule is CC1(C(O)c2ccc3ccccc3c2)CCCCC1. The molecule has 1 fully saturated rings. The van der Waals surface area contributed by atoms with Crippen molar-refractivity contribution < 1.29 is 5.11 Å². The van der Waals surface area contributed by atoms with Gasteiger partial charge >= 0.3 is 0 Å². The van der Waals surface area contributed by atoms with Gasteiger partial charge in [0.1, 0.15) is 0 Å². The maximum Gasteiger partial charge on any atom is 0.0843 e.